The summed E-state index contributed by atoms with van der Waals surface area (Å²) < 4.78 is 5.74. The van der Waals surface area contributed by atoms with Crippen molar-refractivity contribution in [2.24, 2.45) is 0 Å². The summed E-state index contributed by atoms with van der Waals surface area (Å²) >= 11 is 0. The summed E-state index contributed by atoms with van der Waals surface area (Å²) in [5, 5.41) is 3.58. The second-order valence-corrected chi connectivity index (χ2v) is 6.18. The Morgan fingerprint density at radius 3 is 2.89 bits per heavy atom. The summed E-state index contributed by atoms with van der Waals surface area (Å²) in [7, 11) is 0. The minimum atomic E-state index is 0.694. The van der Waals surface area contributed by atoms with E-state index in [0.717, 1.165) is 25.2 Å². The fourth-order valence-corrected chi connectivity index (χ4v) is 3.22. The number of hydrogen-bond acceptors (Lipinski definition) is 3. The van der Waals surface area contributed by atoms with Crippen molar-refractivity contribution in [3.63, 3.8) is 0 Å². The zero-order valence-electron chi connectivity index (χ0n) is 12.2. The molecule has 2 unspecified atom stereocenters. The fourth-order valence-electron chi connectivity index (χ4n) is 3.22. The maximum Gasteiger partial charge on any atom is 0.122 e. The Morgan fingerprint density at radius 2 is 2.16 bits per heavy atom. The SMILES string of the molecule is CCC1CCC(C)N1Cc1occc1CNC1CC1. The maximum absolute atomic E-state index is 5.74. The van der Waals surface area contributed by atoms with Crippen molar-refractivity contribution in [2.45, 2.75) is 77.2 Å². The van der Waals surface area contributed by atoms with Crippen molar-refractivity contribution in [3.05, 3.63) is 23.7 Å². The van der Waals surface area contributed by atoms with Crippen LogP contribution in [0.25, 0.3) is 0 Å². The predicted molar refractivity (Wildman–Crippen MR) is 76.9 cm³/mol. The molecular formula is C16H26N2O. The van der Waals surface area contributed by atoms with E-state index in [1.54, 1.807) is 0 Å². The first-order valence-corrected chi connectivity index (χ1v) is 7.82. The van der Waals surface area contributed by atoms with Gasteiger partial charge in [0, 0.05) is 30.2 Å². The van der Waals surface area contributed by atoms with Gasteiger partial charge in [-0.2, -0.15) is 0 Å². The molecule has 0 radical (unpaired) electrons. The lowest BCUT2D eigenvalue weighted by Gasteiger charge is -2.27. The van der Waals surface area contributed by atoms with Crippen LogP contribution >= 0.6 is 0 Å². The number of nitrogens with zero attached hydrogens (tertiary/aromatic N) is 1. The molecule has 1 aliphatic carbocycles. The van der Waals surface area contributed by atoms with Crippen LogP contribution in [0, 0.1) is 0 Å². The molecule has 0 spiro atoms. The van der Waals surface area contributed by atoms with Crippen LogP contribution in [-0.4, -0.2) is 23.0 Å². The average Bonchev–Trinajstić information content (AvgIpc) is 3.04. The third-order valence-electron chi connectivity index (χ3n) is 4.75. The highest BCUT2D eigenvalue weighted by Gasteiger charge is 2.30. The number of furan rings is 1. The highest BCUT2D eigenvalue weighted by Crippen LogP contribution is 2.29. The Hall–Kier alpha value is -0.800. The van der Waals surface area contributed by atoms with Crippen molar-refractivity contribution in [1.82, 2.24) is 10.2 Å². The van der Waals surface area contributed by atoms with E-state index in [1.165, 1.54) is 43.4 Å². The number of rotatable bonds is 6. The normalized spacial score (nSPS) is 28.1. The monoisotopic (exact) mass is 262 g/mol. The third kappa shape index (κ3) is 3.03. The van der Waals surface area contributed by atoms with Crippen molar-refractivity contribution < 1.29 is 4.42 Å². The lowest BCUT2D eigenvalue weighted by atomic mass is 10.1. The van der Waals surface area contributed by atoms with E-state index in [2.05, 4.69) is 30.1 Å². The zero-order chi connectivity index (χ0) is 13.2. The number of likely N-dealkylation sites (tertiary alicyclic amines) is 1. The largest absolute Gasteiger partial charge is 0.468 e. The van der Waals surface area contributed by atoms with Crippen molar-refractivity contribution in [1.29, 1.82) is 0 Å². The van der Waals surface area contributed by atoms with Gasteiger partial charge in [-0.1, -0.05) is 6.92 Å². The molecule has 3 nitrogen and oxygen atoms in total. The van der Waals surface area contributed by atoms with E-state index in [1.807, 2.05) is 6.26 Å². The minimum Gasteiger partial charge on any atom is -0.468 e. The standard InChI is InChI=1S/C16H26N2O/c1-3-15-7-4-12(2)18(15)11-16-13(8-9-19-16)10-17-14-5-6-14/h8-9,12,14-15,17H,3-7,10-11H2,1-2H3. The highest BCUT2D eigenvalue weighted by atomic mass is 16.3. The summed E-state index contributed by atoms with van der Waals surface area (Å²) in [6.07, 6.45) is 8.45. The molecule has 106 valence electrons. The van der Waals surface area contributed by atoms with Gasteiger partial charge in [0.25, 0.3) is 0 Å². The van der Waals surface area contributed by atoms with Gasteiger partial charge in [0.1, 0.15) is 5.76 Å². The van der Waals surface area contributed by atoms with Crippen LogP contribution in [0.4, 0.5) is 0 Å². The van der Waals surface area contributed by atoms with Gasteiger partial charge in [-0.15, -0.1) is 0 Å². The lowest BCUT2D eigenvalue weighted by Crippen LogP contribution is -2.33. The van der Waals surface area contributed by atoms with Gasteiger partial charge in [-0.25, -0.2) is 0 Å². The molecule has 2 atom stereocenters. The van der Waals surface area contributed by atoms with E-state index in [0.29, 0.717) is 6.04 Å². The van der Waals surface area contributed by atoms with Crippen LogP contribution in [0.2, 0.25) is 0 Å². The molecule has 1 aliphatic heterocycles. The molecule has 1 aromatic rings. The van der Waals surface area contributed by atoms with Gasteiger partial charge in [0.05, 0.1) is 12.8 Å². The maximum atomic E-state index is 5.74. The topological polar surface area (TPSA) is 28.4 Å². The first kappa shape index (κ1) is 13.2. The molecule has 3 rings (SSSR count). The van der Waals surface area contributed by atoms with E-state index >= 15 is 0 Å². The van der Waals surface area contributed by atoms with Gasteiger partial charge >= 0.3 is 0 Å². The van der Waals surface area contributed by atoms with Crippen LogP contribution in [0.15, 0.2) is 16.7 Å². The molecular weight excluding hydrogens is 236 g/mol. The summed E-state index contributed by atoms with van der Waals surface area (Å²) in [5.74, 6) is 1.17. The molecule has 0 amide bonds. The van der Waals surface area contributed by atoms with Crippen molar-refractivity contribution in [3.8, 4) is 0 Å². The number of hydrogen-bond donors (Lipinski definition) is 1. The van der Waals surface area contributed by atoms with E-state index < -0.39 is 0 Å². The Bertz CT molecular complexity index is 411. The van der Waals surface area contributed by atoms with Crippen LogP contribution < -0.4 is 5.32 Å². The number of nitrogens with one attached hydrogen (secondary N) is 1. The van der Waals surface area contributed by atoms with Crippen molar-refractivity contribution in [2.75, 3.05) is 0 Å². The average molecular weight is 262 g/mol. The molecule has 3 heteroatoms. The molecule has 19 heavy (non-hydrogen) atoms. The molecule has 2 aliphatic rings. The Labute approximate surface area is 116 Å². The van der Waals surface area contributed by atoms with Crippen molar-refractivity contribution >= 4 is 0 Å². The predicted octanol–water partition coefficient (Wildman–Crippen LogP) is 3.29. The van der Waals surface area contributed by atoms with Crippen LogP contribution in [-0.2, 0) is 13.1 Å². The van der Waals surface area contributed by atoms with Gasteiger partial charge in [0.2, 0.25) is 0 Å². The smallest absolute Gasteiger partial charge is 0.122 e. The third-order valence-corrected chi connectivity index (χ3v) is 4.75. The summed E-state index contributed by atoms with van der Waals surface area (Å²) in [5.41, 5.74) is 1.35. The Morgan fingerprint density at radius 1 is 1.32 bits per heavy atom. The molecule has 1 aromatic heterocycles. The molecule has 2 heterocycles. The van der Waals surface area contributed by atoms with Gasteiger partial charge < -0.3 is 9.73 Å². The quantitative estimate of drug-likeness (QED) is 0.852. The fraction of sp³-hybridized carbons (Fsp3) is 0.750. The molecule has 2 fully saturated rings. The van der Waals surface area contributed by atoms with Gasteiger partial charge in [-0.05, 0) is 45.1 Å². The highest BCUT2D eigenvalue weighted by molar-refractivity contribution is 5.17. The van der Waals surface area contributed by atoms with E-state index in [-0.39, 0.29) is 0 Å². The Balaban J connectivity index is 1.63. The summed E-state index contributed by atoms with van der Waals surface area (Å²) in [6.45, 7) is 6.60. The van der Waals surface area contributed by atoms with Crippen LogP contribution in [0.5, 0.6) is 0 Å². The second-order valence-electron chi connectivity index (χ2n) is 6.18. The van der Waals surface area contributed by atoms with Gasteiger partial charge in [-0.3, -0.25) is 4.90 Å². The molecule has 1 saturated carbocycles. The summed E-state index contributed by atoms with van der Waals surface area (Å²) in [4.78, 5) is 2.62. The first-order chi connectivity index (χ1) is 9.28. The molecule has 0 bridgehead atoms. The zero-order valence-corrected chi connectivity index (χ0v) is 12.2. The first-order valence-electron chi connectivity index (χ1n) is 7.82. The van der Waals surface area contributed by atoms with Gasteiger partial charge in [0.15, 0.2) is 0 Å². The van der Waals surface area contributed by atoms with E-state index in [9.17, 15) is 0 Å². The lowest BCUT2D eigenvalue weighted by molar-refractivity contribution is 0.174. The van der Waals surface area contributed by atoms with E-state index in [4.69, 9.17) is 4.42 Å². The van der Waals surface area contributed by atoms with Crippen LogP contribution in [0.3, 0.4) is 0 Å². The minimum absolute atomic E-state index is 0.694. The van der Waals surface area contributed by atoms with Crippen LogP contribution in [0.1, 0.15) is 57.3 Å². The second kappa shape index (κ2) is 5.68. The Kier molecular flexibility index (Phi) is 3.94. The molecule has 0 aromatic carbocycles. The molecule has 1 N–H and O–H groups in total. The molecule has 1 saturated heterocycles. The summed E-state index contributed by atoms with van der Waals surface area (Å²) in [6, 6.07) is 4.33.